The van der Waals surface area contributed by atoms with Gasteiger partial charge in [-0.1, -0.05) is 36.4 Å². The number of anilines is 1. The van der Waals surface area contributed by atoms with Crippen molar-refractivity contribution in [3.05, 3.63) is 95.6 Å². The Balaban J connectivity index is 1.50. The van der Waals surface area contributed by atoms with Gasteiger partial charge in [-0.25, -0.2) is 4.39 Å². The van der Waals surface area contributed by atoms with Crippen molar-refractivity contribution in [2.24, 2.45) is 0 Å². The first-order valence-corrected chi connectivity index (χ1v) is 10.1. The Labute approximate surface area is 174 Å². The van der Waals surface area contributed by atoms with Crippen LogP contribution >= 0.6 is 0 Å². The summed E-state index contributed by atoms with van der Waals surface area (Å²) in [6.07, 6.45) is 3.23. The molecule has 0 unspecified atom stereocenters. The first-order chi connectivity index (χ1) is 14.7. The van der Waals surface area contributed by atoms with Crippen LogP contribution in [0.1, 0.15) is 27.4 Å². The van der Waals surface area contributed by atoms with Crippen LogP contribution in [0.2, 0.25) is 0 Å². The van der Waals surface area contributed by atoms with E-state index in [0.29, 0.717) is 24.2 Å². The standard InChI is InChI=1S/C24H22FN3O2/c25-19-7-3-1-5-17(19)13-27-21-14-28(24(30)16-9-11-26-12-10-16)20-8-4-2-6-18(20)23(21)22(27)15-29/h1-12,21-23,29H,13-15H2/t21-,22-,23+/m0/s1. The molecule has 5 nitrogen and oxygen atoms in total. The summed E-state index contributed by atoms with van der Waals surface area (Å²) in [4.78, 5) is 21.2. The summed E-state index contributed by atoms with van der Waals surface area (Å²) in [5.41, 5.74) is 3.11. The van der Waals surface area contributed by atoms with Crippen molar-refractivity contribution in [3.63, 3.8) is 0 Å². The lowest BCUT2D eigenvalue weighted by Gasteiger charge is -2.59. The average molecular weight is 403 g/mol. The maximum atomic E-state index is 14.3. The quantitative estimate of drug-likeness (QED) is 0.727. The molecule has 6 heteroatoms. The molecule has 2 aromatic carbocycles. The van der Waals surface area contributed by atoms with Gasteiger partial charge in [-0.3, -0.25) is 14.7 Å². The van der Waals surface area contributed by atoms with Crippen molar-refractivity contribution in [2.45, 2.75) is 24.5 Å². The molecule has 0 saturated carbocycles. The predicted octanol–water partition coefficient (Wildman–Crippen LogP) is 3.21. The topological polar surface area (TPSA) is 56.7 Å². The summed E-state index contributed by atoms with van der Waals surface area (Å²) >= 11 is 0. The zero-order valence-corrected chi connectivity index (χ0v) is 16.4. The van der Waals surface area contributed by atoms with Crippen LogP contribution in [-0.2, 0) is 6.54 Å². The molecule has 1 aromatic heterocycles. The van der Waals surface area contributed by atoms with E-state index in [1.165, 1.54) is 6.07 Å². The average Bonchev–Trinajstić information content (AvgIpc) is 2.78. The summed E-state index contributed by atoms with van der Waals surface area (Å²) in [5.74, 6) is -0.223. The monoisotopic (exact) mass is 403 g/mol. The Morgan fingerprint density at radius 2 is 1.80 bits per heavy atom. The van der Waals surface area contributed by atoms with Crippen LogP contribution in [0.5, 0.6) is 0 Å². The fraction of sp³-hybridized carbons (Fsp3) is 0.250. The van der Waals surface area contributed by atoms with Gasteiger partial charge < -0.3 is 10.0 Å². The molecule has 3 heterocycles. The zero-order valence-electron chi connectivity index (χ0n) is 16.4. The zero-order chi connectivity index (χ0) is 20.7. The number of halogens is 1. The van der Waals surface area contributed by atoms with E-state index in [0.717, 1.165) is 11.3 Å². The minimum Gasteiger partial charge on any atom is -0.395 e. The second-order valence-electron chi connectivity index (χ2n) is 7.82. The van der Waals surface area contributed by atoms with Crippen LogP contribution in [0.4, 0.5) is 10.1 Å². The Bertz CT molecular complexity index is 1070. The highest BCUT2D eigenvalue weighted by Crippen LogP contribution is 2.49. The van der Waals surface area contributed by atoms with Gasteiger partial charge in [0.1, 0.15) is 5.82 Å². The Kier molecular flexibility index (Phi) is 4.81. The summed E-state index contributed by atoms with van der Waals surface area (Å²) in [7, 11) is 0. The van der Waals surface area contributed by atoms with Gasteiger partial charge in [0.2, 0.25) is 0 Å². The molecule has 0 spiro atoms. The van der Waals surface area contributed by atoms with Crippen LogP contribution in [0.3, 0.4) is 0 Å². The molecule has 2 aliphatic heterocycles. The van der Waals surface area contributed by atoms with Crippen molar-refractivity contribution >= 4 is 11.6 Å². The normalized spacial score (nSPS) is 22.7. The number of carbonyl (C=O) groups excluding carboxylic acids is 1. The smallest absolute Gasteiger partial charge is 0.258 e. The number of nitrogens with zero attached hydrogens (tertiary/aromatic N) is 3. The number of rotatable bonds is 4. The number of fused-ring (bicyclic) bond motifs is 3. The SMILES string of the molecule is O=C(c1ccncc1)N1C[C@H]2[C@@H](c3ccccc31)[C@H](CO)N2Cc1ccccc1F. The molecule has 3 aromatic rings. The third kappa shape index (κ3) is 3.00. The van der Waals surface area contributed by atoms with E-state index < -0.39 is 0 Å². The van der Waals surface area contributed by atoms with Gasteiger partial charge in [0.15, 0.2) is 0 Å². The number of aliphatic hydroxyl groups is 1. The van der Waals surface area contributed by atoms with Crippen LogP contribution in [-0.4, -0.2) is 46.1 Å². The molecule has 0 bridgehead atoms. The lowest BCUT2D eigenvalue weighted by Crippen LogP contribution is -2.68. The van der Waals surface area contributed by atoms with Crippen LogP contribution in [0.25, 0.3) is 0 Å². The molecule has 1 fully saturated rings. The van der Waals surface area contributed by atoms with E-state index in [4.69, 9.17) is 0 Å². The molecule has 1 amide bonds. The molecule has 3 atom stereocenters. The first-order valence-electron chi connectivity index (χ1n) is 10.1. The minimum absolute atomic E-state index is 0.0117. The summed E-state index contributed by atoms with van der Waals surface area (Å²) in [6.45, 7) is 0.883. The van der Waals surface area contributed by atoms with Gasteiger partial charge >= 0.3 is 0 Å². The van der Waals surface area contributed by atoms with Crippen molar-refractivity contribution in [3.8, 4) is 0 Å². The van der Waals surface area contributed by atoms with Gasteiger partial charge in [0, 0.05) is 60.3 Å². The number of aliphatic hydroxyl groups excluding tert-OH is 1. The van der Waals surface area contributed by atoms with Gasteiger partial charge in [0.25, 0.3) is 5.91 Å². The lowest BCUT2D eigenvalue weighted by molar-refractivity contribution is -0.0494. The Morgan fingerprint density at radius 3 is 2.57 bits per heavy atom. The number of amides is 1. The van der Waals surface area contributed by atoms with Crippen molar-refractivity contribution in [2.75, 3.05) is 18.1 Å². The van der Waals surface area contributed by atoms with E-state index in [2.05, 4.69) is 9.88 Å². The molecule has 0 radical (unpaired) electrons. The number of hydrogen-bond donors (Lipinski definition) is 1. The molecule has 1 N–H and O–H groups in total. The number of benzene rings is 2. The lowest BCUT2D eigenvalue weighted by atomic mass is 9.71. The third-order valence-corrected chi connectivity index (χ3v) is 6.31. The van der Waals surface area contributed by atoms with E-state index in [9.17, 15) is 14.3 Å². The van der Waals surface area contributed by atoms with Crippen molar-refractivity contribution in [1.29, 1.82) is 0 Å². The van der Waals surface area contributed by atoms with Crippen LogP contribution in [0, 0.1) is 5.82 Å². The fourth-order valence-electron chi connectivity index (χ4n) is 4.87. The highest BCUT2D eigenvalue weighted by Gasteiger charge is 2.53. The second kappa shape index (κ2) is 7.63. The third-order valence-electron chi connectivity index (χ3n) is 6.31. The van der Waals surface area contributed by atoms with Crippen LogP contribution < -0.4 is 4.90 Å². The van der Waals surface area contributed by atoms with E-state index in [-0.39, 0.29) is 36.3 Å². The van der Waals surface area contributed by atoms with E-state index >= 15 is 0 Å². The second-order valence-corrected chi connectivity index (χ2v) is 7.82. The number of likely N-dealkylation sites (tertiary alicyclic amines) is 1. The minimum atomic E-state index is -0.251. The number of pyridine rings is 1. The largest absolute Gasteiger partial charge is 0.395 e. The van der Waals surface area contributed by atoms with Gasteiger partial charge in [-0.05, 0) is 29.8 Å². The maximum Gasteiger partial charge on any atom is 0.258 e. The molecule has 30 heavy (non-hydrogen) atoms. The van der Waals surface area contributed by atoms with Crippen molar-refractivity contribution in [1.82, 2.24) is 9.88 Å². The molecular formula is C24H22FN3O2. The van der Waals surface area contributed by atoms with Crippen LogP contribution in [0.15, 0.2) is 73.1 Å². The van der Waals surface area contributed by atoms with E-state index in [1.807, 2.05) is 30.3 Å². The highest BCUT2D eigenvalue weighted by atomic mass is 19.1. The number of hydrogen-bond acceptors (Lipinski definition) is 4. The Hall–Kier alpha value is -3.09. The predicted molar refractivity (Wildman–Crippen MR) is 112 cm³/mol. The first kappa shape index (κ1) is 18.9. The Morgan fingerprint density at radius 1 is 1.07 bits per heavy atom. The molecule has 1 saturated heterocycles. The van der Waals surface area contributed by atoms with E-state index in [1.54, 1.807) is 41.6 Å². The molecular weight excluding hydrogens is 381 g/mol. The highest BCUT2D eigenvalue weighted by molar-refractivity contribution is 6.07. The number of carbonyl (C=O) groups is 1. The molecule has 2 aliphatic rings. The van der Waals surface area contributed by atoms with Crippen molar-refractivity contribution < 1.29 is 14.3 Å². The number of aromatic nitrogens is 1. The van der Waals surface area contributed by atoms with Gasteiger partial charge in [-0.2, -0.15) is 0 Å². The fourth-order valence-corrected chi connectivity index (χ4v) is 4.87. The van der Waals surface area contributed by atoms with Gasteiger partial charge in [0.05, 0.1) is 6.61 Å². The maximum absolute atomic E-state index is 14.3. The molecule has 152 valence electrons. The number of para-hydroxylation sites is 1. The van der Waals surface area contributed by atoms with Gasteiger partial charge in [-0.15, -0.1) is 0 Å². The summed E-state index contributed by atoms with van der Waals surface area (Å²) < 4.78 is 14.3. The molecule has 5 rings (SSSR count). The molecule has 0 aliphatic carbocycles. The summed E-state index contributed by atoms with van der Waals surface area (Å²) in [6, 6.07) is 17.9. The summed E-state index contributed by atoms with van der Waals surface area (Å²) in [5, 5.41) is 10.1.